The molecule has 0 aliphatic carbocycles. The van der Waals surface area contributed by atoms with Crippen LogP contribution in [0.4, 0.5) is 0 Å². The Labute approximate surface area is 105 Å². The smallest absolute Gasteiger partial charge is 0.265 e. The number of hydrogen-bond acceptors (Lipinski definition) is 4. The summed E-state index contributed by atoms with van der Waals surface area (Å²) in [5.74, 6) is 0.0913. The van der Waals surface area contributed by atoms with Gasteiger partial charge in [-0.3, -0.25) is 4.79 Å². The molecule has 1 unspecified atom stereocenters. The molecule has 0 bridgehead atoms. The SMILES string of the molecule is Cc1ncc(C(=O)N2CCCC2CN)s1.Cl. The average Bonchev–Trinajstić information content (AvgIpc) is 2.84. The largest absolute Gasteiger partial charge is 0.334 e. The van der Waals surface area contributed by atoms with E-state index in [1.807, 2.05) is 11.8 Å². The van der Waals surface area contributed by atoms with E-state index in [0.29, 0.717) is 6.54 Å². The molecule has 1 aliphatic rings. The summed E-state index contributed by atoms with van der Waals surface area (Å²) in [4.78, 5) is 18.8. The molecule has 90 valence electrons. The lowest BCUT2D eigenvalue weighted by Crippen LogP contribution is -2.39. The van der Waals surface area contributed by atoms with Crippen LogP contribution in [0.2, 0.25) is 0 Å². The molecule has 1 fully saturated rings. The zero-order valence-electron chi connectivity index (χ0n) is 9.18. The fourth-order valence-corrected chi connectivity index (χ4v) is 2.68. The van der Waals surface area contributed by atoms with Crippen molar-refractivity contribution in [2.75, 3.05) is 13.1 Å². The van der Waals surface area contributed by atoms with E-state index in [1.54, 1.807) is 6.20 Å². The minimum Gasteiger partial charge on any atom is -0.334 e. The number of halogens is 1. The highest BCUT2D eigenvalue weighted by molar-refractivity contribution is 7.13. The van der Waals surface area contributed by atoms with E-state index in [4.69, 9.17) is 5.73 Å². The summed E-state index contributed by atoms with van der Waals surface area (Å²) in [6.45, 7) is 3.30. The van der Waals surface area contributed by atoms with E-state index in [-0.39, 0.29) is 24.4 Å². The van der Waals surface area contributed by atoms with Gasteiger partial charge in [-0.15, -0.1) is 23.7 Å². The van der Waals surface area contributed by atoms with E-state index in [9.17, 15) is 4.79 Å². The Morgan fingerprint density at radius 2 is 2.50 bits per heavy atom. The van der Waals surface area contributed by atoms with Crippen LogP contribution in [-0.2, 0) is 0 Å². The van der Waals surface area contributed by atoms with Gasteiger partial charge >= 0.3 is 0 Å². The molecule has 1 aromatic heterocycles. The second-order valence-corrected chi connectivity index (χ2v) is 5.01. The first-order valence-electron chi connectivity index (χ1n) is 5.16. The van der Waals surface area contributed by atoms with Crippen LogP contribution < -0.4 is 5.73 Å². The van der Waals surface area contributed by atoms with Crippen molar-refractivity contribution >= 4 is 29.7 Å². The van der Waals surface area contributed by atoms with Crippen LogP contribution in [-0.4, -0.2) is 34.9 Å². The van der Waals surface area contributed by atoms with Crippen LogP contribution >= 0.6 is 23.7 Å². The first-order valence-corrected chi connectivity index (χ1v) is 5.97. The standard InChI is InChI=1S/C10H15N3OS.ClH/c1-7-12-6-9(15-7)10(14)13-4-2-3-8(13)5-11;/h6,8H,2-5,11H2,1H3;1H. The fraction of sp³-hybridized carbons (Fsp3) is 0.600. The Bertz CT molecular complexity index is 369. The first kappa shape index (κ1) is 13.4. The van der Waals surface area contributed by atoms with Gasteiger partial charge in [0.05, 0.1) is 11.2 Å². The molecule has 0 aromatic carbocycles. The van der Waals surface area contributed by atoms with E-state index in [1.165, 1.54) is 11.3 Å². The van der Waals surface area contributed by atoms with Gasteiger partial charge in [-0.25, -0.2) is 4.98 Å². The van der Waals surface area contributed by atoms with Crippen LogP contribution in [0.15, 0.2) is 6.20 Å². The molecule has 1 aromatic rings. The summed E-state index contributed by atoms with van der Waals surface area (Å²) >= 11 is 1.45. The van der Waals surface area contributed by atoms with Crippen molar-refractivity contribution in [3.05, 3.63) is 16.1 Å². The summed E-state index contributed by atoms with van der Waals surface area (Å²) in [6, 6.07) is 0.222. The Hall–Kier alpha value is -0.650. The number of amides is 1. The first-order chi connectivity index (χ1) is 7.22. The number of carbonyl (C=O) groups is 1. The zero-order valence-corrected chi connectivity index (χ0v) is 10.8. The second kappa shape index (κ2) is 5.61. The summed E-state index contributed by atoms with van der Waals surface area (Å²) in [7, 11) is 0. The molecule has 1 atom stereocenters. The van der Waals surface area contributed by atoms with Crippen LogP contribution in [0.5, 0.6) is 0 Å². The molecule has 1 amide bonds. The number of likely N-dealkylation sites (tertiary alicyclic amines) is 1. The lowest BCUT2D eigenvalue weighted by molar-refractivity contribution is 0.0746. The average molecular weight is 262 g/mol. The van der Waals surface area contributed by atoms with Crippen LogP contribution in [0.25, 0.3) is 0 Å². The molecule has 1 aliphatic heterocycles. The summed E-state index contributed by atoms with van der Waals surface area (Å²) < 4.78 is 0. The Morgan fingerprint density at radius 3 is 3.06 bits per heavy atom. The molecule has 1 saturated heterocycles. The number of thiazole rings is 1. The molecular weight excluding hydrogens is 246 g/mol. The van der Waals surface area contributed by atoms with Crippen molar-refractivity contribution in [3.8, 4) is 0 Å². The molecule has 0 spiro atoms. The maximum atomic E-state index is 12.1. The normalized spacial score (nSPS) is 19.6. The number of aryl methyl sites for hydroxylation is 1. The summed E-state index contributed by atoms with van der Waals surface area (Å²) in [5, 5.41) is 0.932. The predicted octanol–water partition coefficient (Wildman–Crippen LogP) is 1.44. The van der Waals surface area contributed by atoms with Crippen molar-refractivity contribution < 1.29 is 4.79 Å². The molecule has 2 N–H and O–H groups in total. The lowest BCUT2D eigenvalue weighted by atomic mass is 10.2. The molecule has 16 heavy (non-hydrogen) atoms. The van der Waals surface area contributed by atoms with Crippen molar-refractivity contribution in [3.63, 3.8) is 0 Å². The Kier molecular flexibility index (Phi) is 4.70. The number of nitrogens with zero attached hydrogens (tertiary/aromatic N) is 2. The lowest BCUT2D eigenvalue weighted by Gasteiger charge is -2.22. The molecule has 6 heteroatoms. The fourth-order valence-electron chi connectivity index (χ4n) is 1.95. The number of carbonyl (C=O) groups excluding carboxylic acids is 1. The van der Waals surface area contributed by atoms with Gasteiger partial charge < -0.3 is 10.6 Å². The van der Waals surface area contributed by atoms with Gasteiger partial charge in [-0.1, -0.05) is 0 Å². The molecule has 0 saturated carbocycles. The van der Waals surface area contributed by atoms with Crippen molar-refractivity contribution in [1.82, 2.24) is 9.88 Å². The monoisotopic (exact) mass is 261 g/mol. The quantitative estimate of drug-likeness (QED) is 0.876. The molecule has 4 nitrogen and oxygen atoms in total. The van der Waals surface area contributed by atoms with Gasteiger partial charge in [0.1, 0.15) is 4.88 Å². The third-order valence-electron chi connectivity index (χ3n) is 2.74. The van der Waals surface area contributed by atoms with Crippen molar-refractivity contribution in [2.24, 2.45) is 5.73 Å². The maximum absolute atomic E-state index is 12.1. The van der Waals surface area contributed by atoms with E-state index >= 15 is 0 Å². The Balaban J connectivity index is 0.00000128. The summed E-state index contributed by atoms with van der Waals surface area (Å²) in [5.41, 5.74) is 5.64. The predicted molar refractivity (Wildman–Crippen MR) is 67.2 cm³/mol. The van der Waals surface area contributed by atoms with Gasteiger partial charge in [0.15, 0.2) is 0 Å². The molecular formula is C10H16ClN3OS. The highest BCUT2D eigenvalue weighted by Gasteiger charge is 2.29. The van der Waals surface area contributed by atoms with Gasteiger partial charge in [-0.2, -0.15) is 0 Å². The van der Waals surface area contributed by atoms with E-state index < -0.39 is 0 Å². The van der Waals surface area contributed by atoms with Gasteiger partial charge in [0.2, 0.25) is 0 Å². The minimum atomic E-state index is 0. The van der Waals surface area contributed by atoms with E-state index in [2.05, 4.69) is 4.98 Å². The summed E-state index contributed by atoms with van der Waals surface area (Å²) in [6.07, 6.45) is 3.75. The number of nitrogens with two attached hydrogens (primary N) is 1. The third kappa shape index (κ3) is 2.53. The minimum absolute atomic E-state index is 0. The van der Waals surface area contributed by atoms with E-state index in [0.717, 1.165) is 29.3 Å². The number of aromatic nitrogens is 1. The third-order valence-corrected chi connectivity index (χ3v) is 3.64. The Morgan fingerprint density at radius 1 is 1.75 bits per heavy atom. The number of rotatable bonds is 2. The molecule has 2 rings (SSSR count). The van der Waals surface area contributed by atoms with Crippen molar-refractivity contribution in [1.29, 1.82) is 0 Å². The molecule has 0 radical (unpaired) electrons. The highest BCUT2D eigenvalue weighted by atomic mass is 35.5. The second-order valence-electron chi connectivity index (χ2n) is 3.77. The highest BCUT2D eigenvalue weighted by Crippen LogP contribution is 2.21. The number of hydrogen-bond donors (Lipinski definition) is 1. The topological polar surface area (TPSA) is 59.2 Å². The van der Waals surface area contributed by atoms with Gasteiger partial charge in [0.25, 0.3) is 5.91 Å². The molecule has 2 heterocycles. The maximum Gasteiger partial charge on any atom is 0.265 e. The van der Waals surface area contributed by atoms with Gasteiger partial charge in [0, 0.05) is 19.1 Å². The van der Waals surface area contributed by atoms with Gasteiger partial charge in [-0.05, 0) is 19.8 Å². The van der Waals surface area contributed by atoms with Crippen LogP contribution in [0, 0.1) is 6.92 Å². The van der Waals surface area contributed by atoms with Crippen LogP contribution in [0.1, 0.15) is 27.5 Å². The zero-order chi connectivity index (χ0) is 10.8. The van der Waals surface area contributed by atoms with Crippen molar-refractivity contribution in [2.45, 2.75) is 25.8 Å². The van der Waals surface area contributed by atoms with Crippen LogP contribution in [0.3, 0.4) is 0 Å².